The second kappa shape index (κ2) is 5.12. The molecular weight excluding hydrogens is 261 g/mol. The van der Waals surface area contributed by atoms with Crippen molar-refractivity contribution in [3.05, 3.63) is 65.1 Å². The minimum Gasteiger partial charge on any atom is -0.166 e. The predicted molar refractivity (Wildman–Crippen MR) is 75.1 cm³/mol. The first kappa shape index (κ1) is 14.9. The fourth-order valence-electron chi connectivity index (χ4n) is 2.31. The Morgan fingerprint density at radius 1 is 1.00 bits per heavy atom. The van der Waals surface area contributed by atoms with Crippen LogP contribution >= 0.6 is 0 Å². The molecule has 0 amide bonds. The average Bonchev–Trinajstić information content (AvgIpc) is 2.37. The van der Waals surface area contributed by atoms with E-state index in [1.165, 1.54) is 6.07 Å². The van der Waals surface area contributed by atoms with E-state index in [2.05, 4.69) is 20.8 Å². The van der Waals surface area contributed by atoms with Gasteiger partial charge in [0.05, 0.1) is 5.56 Å². The Morgan fingerprint density at radius 2 is 1.65 bits per heavy atom. The van der Waals surface area contributed by atoms with E-state index in [1.807, 2.05) is 12.2 Å². The van der Waals surface area contributed by atoms with Crippen molar-refractivity contribution in [1.82, 2.24) is 0 Å². The van der Waals surface area contributed by atoms with Gasteiger partial charge in [-0.2, -0.15) is 13.2 Å². The van der Waals surface area contributed by atoms with Crippen molar-refractivity contribution in [2.75, 3.05) is 0 Å². The summed E-state index contributed by atoms with van der Waals surface area (Å²) >= 11 is 0. The standard InChI is InChI=1S/C17H18F3/c1-16(2,3)13-8-6-7-12(11-13)14-9-4-5-10-15(14)17(18,19)20/h4-10H,11H2,1-3H3. The second-order valence-corrected chi connectivity index (χ2v) is 6.05. The lowest BCUT2D eigenvalue weighted by Gasteiger charge is -2.29. The van der Waals surface area contributed by atoms with Crippen LogP contribution in [0.25, 0.3) is 0 Å². The van der Waals surface area contributed by atoms with Crippen LogP contribution in [-0.4, -0.2) is 0 Å². The molecule has 1 aliphatic carbocycles. The minimum absolute atomic E-state index is 0.0385. The molecule has 2 rings (SSSR count). The molecule has 0 aliphatic heterocycles. The van der Waals surface area contributed by atoms with E-state index in [0.717, 1.165) is 17.6 Å². The highest BCUT2D eigenvalue weighted by Crippen LogP contribution is 2.41. The highest BCUT2D eigenvalue weighted by Gasteiger charge is 2.35. The number of alkyl halides is 3. The van der Waals surface area contributed by atoms with Gasteiger partial charge in [-0.3, -0.25) is 0 Å². The van der Waals surface area contributed by atoms with Gasteiger partial charge in [0.1, 0.15) is 0 Å². The molecule has 1 aliphatic rings. The van der Waals surface area contributed by atoms with Gasteiger partial charge in [-0.25, -0.2) is 0 Å². The summed E-state index contributed by atoms with van der Waals surface area (Å²) in [4.78, 5) is 0. The molecule has 1 aromatic carbocycles. The third kappa shape index (κ3) is 3.14. The van der Waals surface area contributed by atoms with Crippen molar-refractivity contribution >= 4 is 0 Å². The molecule has 1 radical (unpaired) electrons. The molecule has 0 spiro atoms. The van der Waals surface area contributed by atoms with Crippen molar-refractivity contribution in [3.63, 3.8) is 0 Å². The van der Waals surface area contributed by atoms with Gasteiger partial charge >= 0.3 is 6.18 Å². The van der Waals surface area contributed by atoms with Crippen LogP contribution in [0.4, 0.5) is 13.2 Å². The lowest BCUT2D eigenvalue weighted by Crippen LogP contribution is -2.17. The number of allylic oxidation sites excluding steroid dienone is 4. The average molecular weight is 279 g/mol. The summed E-state index contributed by atoms with van der Waals surface area (Å²) in [5.41, 5.74) is 0.830. The van der Waals surface area contributed by atoms with Crippen molar-refractivity contribution in [2.45, 2.75) is 33.4 Å². The summed E-state index contributed by atoms with van der Waals surface area (Å²) in [7, 11) is 0. The van der Waals surface area contributed by atoms with Crippen LogP contribution in [0.5, 0.6) is 0 Å². The fourth-order valence-corrected chi connectivity index (χ4v) is 2.31. The lowest BCUT2D eigenvalue weighted by atomic mass is 9.76. The number of benzene rings is 1. The molecule has 0 atom stereocenters. The molecule has 0 N–H and O–H groups in total. The molecule has 0 unspecified atom stereocenters. The van der Waals surface area contributed by atoms with Crippen LogP contribution < -0.4 is 0 Å². The highest BCUT2D eigenvalue weighted by atomic mass is 19.4. The summed E-state index contributed by atoms with van der Waals surface area (Å²) in [6.45, 7) is 6.22. The zero-order valence-electron chi connectivity index (χ0n) is 11.9. The van der Waals surface area contributed by atoms with Gasteiger partial charge in [-0.1, -0.05) is 62.8 Å². The molecule has 0 saturated heterocycles. The van der Waals surface area contributed by atoms with Crippen molar-refractivity contribution in [2.24, 2.45) is 5.41 Å². The maximum Gasteiger partial charge on any atom is 0.416 e. The Bertz CT molecular complexity index is 542. The Balaban J connectivity index is 2.36. The molecule has 0 saturated carbocycles. The molecule has 0 bridgehead atoms. The number of rotatable bonds is 1. The highest BCUT2D eigenvalue weighted by molar-refractivity contribution is 5.49. The van der Waals surface area contributed by atoms with Gasteiger partial charge in [0.25, 0.3) is 0 Å². The van der Waals surface area contributed by atoms with Crippen LogP contribution in [0, 0.1) is 11.3 Å². The third-order valence-electron chi connectivity index (χ3n) is 3.52. The summed E-state index contributed by atoms with van der Waals surface area (Å²) in [6.07, 6.45) is 1.86. The maximum atomic E-state index is 13.1. The SMILES string of the molecule is CC(C)(C)C1=CC=C[C](c2ccccc2C(F)(F)F)C1. The van der Waals surface area contributed by atoms with Crippen LogP contribution in [-0.2, 0) is 6.18 Å². The van der Waals surface area contributed by atoms with Crippen LogP contribution in [0.1, 0.15) is 38.3 Å². The van der Waals surface area contributed by atoms with Crippen molar-refractivity contribution in [1.29, 1.82) is 0 Å². The summed E-state index contributed by atoms with van der Waals surface area (Å²) in [5.74, 6) is 0.727. The van der Waals surface area contributed by atoms with Gasteiger partial charge in [-0.05, 0) is 23.5 Å². The van der Waals surface area contributed by atoms with E-state index in [-0.39, 0.29) is 11.0 Å². The van der Waals surface area contributed by atoms with Crippen LogP contribution in [0.15, 0.2) is 48.1 Å². The van der Waals surface area contributed by atoms with Crippen molar-refractivity contribution in [3.8, 4) is 0 Å². The normalized spacial score (nSPS) is 17.2. The fraction of sp³-hybridized carbons (Fsp3) is 0.353. The smallest absolute Gasteiger partial charge is 0.166 e. The Hall–Kier alpha value is -1.51. The van der Waals surface area contributed by atoms with E-state index in [9.17, 15) is 13.2 Å². The molecule has 0 heterocycles. The third-order valence-corrected chi connectivity index (χ3v) is 3.52. The van der Waals surface area contributed by atoms with Gasteiger partial charge < -0.3 is 0 Å². The van der Waals surface area contributed by atoms with E-state index in [1.54, 1.807) is 18.2 Å². The van der Waals surface area contributed by atoms with Gasteiger partial charge in [-0.15, -0.1) is 0 Å². The van der Waals surface area contributed by atoms with Gasteiger partial charge in [0.2, 0.25) is 0 Å². The summed E-state index contributed by atoms with van der Waals surface area (Å²) < 4.78 is 39.2. The second-order valence-electron chi connectivity index (χ2n) is 6.05. The Kier molecular flexibility index (Phi) is 3.81. The van der Waals surface area contributed by atoms with Crippen LogP contribution in [0.2, 0.25) is 0 Å². The maximum absolute atomic E-state index is 13.1. The summed E-state index contributed by atoms with van der Waals surface area (Å²) in [6, 6.07) is 5.78. The molecular formula is C17H18F3. The van der Waals surface area contributed by atoms with Gasteiger partial charge in [0, 0.05) is 5.92 Å². The molecule has 0 nitrogen and oxygen atoms in total. The first-order valence-corrected chi connectivity index (χ1v) is 6.60. The van der Waals surface area contributed by atoms with Crippen LogP contribution in [0.3, 0.4) is 0 Å². The number of halogens is 3. The van der Waals surface area contributed by atoms with Gasteiger partial charge in [0.15, 0.2) is 0 Å². The number of hydrogen-bond donors (Lipinski definition) is 0. The topological polar surface area (TPSA) is 0 Å². The zero-order valence-corrected chi connectivity index (χ0v) is 11.9. The molecule has 0 fully saturated rings. The van der Waals surface area contributed by atoms with E-state index >= 15 is 0 Å². The largest absolute Gasteiger partial charge is 0.416 e. The first-order valence-electron chi connectivity index (χ1n) is 6.60. The van der Waals surface area contributed by atoms with Crippen molar-refractivity contribution < 1.29 is 13.2 Å². The first-order chi connectivity index (χ1) is 9.19. The van der Waals surface area contributed by atoms with E-state index < -0.39 is 11.7 Å². The predicted octanol–water partition coefficient (Wildman–Crippen LogP) is 5.56. The monoisotopic (exact) mass is 279 g/mol. The minimum atomic E-state index is -4.32. The van der Waals surface area contributed by atoms with E-state index in [0.29, 0.717) is 6.42 Å². The molecule has 107 valence electrons. The molecule has 3 heteroatoms. The number of hydrogen-bond acceptors (Lipinski definition) is 0. The Labute approximate surface area is 118 Å². The molecule has 0 aromatic heterocycles. The molecule has 1 aromatic rings. The van der Waals surface area contributed by atoms with E-state index in [4.69, 9.17) is 0 Å². The zero-order chi connectivity index (χ0) is 15.0. The summed E-state index contributed by atoms with van der Waals surface area (Å²) in [5, 5.41) is 0. The lowest BCUT2D eigenvalue weighted by molar-refractivity contribution is -0.138. The Morgan fingerprint density at radius 3 is 2.25 bits per heavy atom. The molecule has 20 heavy (non-hydrogen) atoms. The quantitative estimate of drug-likeness (QED) is 0.631.